The summed E-state index contributed by atoms with van der Waals surface area (Å²) >= 11 is 0. The fourth-order valence-corrected chi connectivity index (χ4v) is 3.52. The van der Waals surface area contributed by atoms with E-state index in [0.717, 1.165) is 22.6 Å². The summed E-state index contributed by atoms with van der Waals surface area (Å²) in [6.45, 7) is 8.42. The number of nitrogens with zero attached hydrogens (tertiary/aromatic N) is 3. The number of amides is 1. The lowest BCUT2D eigenvalue weighted by Gasteiger charge is -2.35. The van der Waals surface area contributed by atoms with Gasteiger partial charge in [-0.25, -0.2) is 9.48 Å². The van der Waals surface area contributed by atoms with Gasteiger partial charge in [-0.1, -0.05) is 18.2 Å². The predicted molar refractivity (Wildman–Crippen MR) is 110 cm³/mol. The number of aryl methyl sites for hydroxylation is 1. The van der Waals surface area contributed by atoms with Crippen molar-refractivity contribution in [1.82, 2.24) is 14.7 Å². The van der Waals surface area contributed by atoms with Crippen molar-refractivity contribution in [1.29, 1.82) is 0 Å². The van der Waals surface area contributed by atoms with Crippen molar-refractivity contribution in [3.63, 3.8) is 0 Å². The number of esters is 1. The maximum atomic E-state index is 12.3. The van der Waals surface area contributed by atoms with Gasteiger partial charge in [0.1, 0.15) is 0 Å². The SMILES string of the molecule is Cc1nn(-c2ccccc2)c(C)c1/C=C/C(=O)OCC(=O)N1C[C@H](C)O[C@@H](C)C1. The number of carbonyl (C=O) groups is 2. The van der Waals surface area contributed by atoms with E-state index < -0.39 is 5.97 Å². The number of benzene rings is 1. The van der Waals surface area contributed by atoms with Crippen LogP contribution in [0.2, 0.25) is 0 Å². The molecule has 2 atom stereocenters. The molecular weight excluding hydrogens is 370 g/mol. The average molecular weight is 397 g/mol. The molecular formula is C22H27N3O4. The van der Waals surface area contributed by atoms with Crippen molar-refractivity contribution in [3.05, 3.63) is 53.4 Å². The quantitative estimate of drug-likeness (QED) is 0.573. The van der Waals surface area contributed by atoms with Gasteiger partial charge in [0.05, 0.1) is 23.6 Å². The van der Waals surface area contributed by atoms with Gasteiger partial charge in [0.2, 0.25) is 0 Å². The maximum absolute atomic E-state index is 12.3. The van der Waals surface area contributed by atoms with E-state index in [1.165, 1.54) is 6.08 Å². The summed E-state index contributed by atoms with van der Waals surface area (Å²) in [7, 11) is 0. The highest BCUT2D eigenvalue weighted by Crippen LogP contribution is 2.19. The molecule has 1 aromatic heterocycles. The van der Waals surface area contributed by atoms with Crippen LogP contribution in [0.5, 0.6) is 0 Å². The fourth-order valence-electron chi connectivity index (χ4n) is 3.52. The van der Waals surface area contributed by atoms with Gasteiger partial charge in [-0.2, -0.15) is 5.10 Å². The Morgan fingerprint density at radius 3 is 2.48 bits per heavy atom. The Bertz CT molecular complexity index is 894. The molecule has 0 spiro atoms. The standard InChI is InChI=1S/C22H27N3O4/c1-15-12-24(13-16(2)29-15)21(26)14-28-22(27)11-10-20-17(3)23-25(18(20)4)19-8-6-5-7-9-19/h5-11,15-16H,12-14H2,1-4H3/b11-10+/t15-,16-/m0/s1. The molecule has 1 amide bonds. The molecule has 0 radical (unpaired) electrons. The van der Waals surface area contributed by atoms with E-state index in [-0.39, 0.29) is 24.7 Å². The largest absolute Gasteiger partial charge is 0.452 e. The minimum Gasteiger partial charge on any atom is -0.452 e. The number of morpholine rings is 1. The van der Waals surface area contributed by atoms with Crippen LogP contribution in [0, 0.1) is 13.8 Å². The summed E-state index contributed by atoms with van der Waals surface area (Å²) in [6, 6.07) is 9.79. The predicted octanol–water partition coefficient (Wildman–Crippen LogP) is 2.68. The lowest BCUT2D eigenvalue weighted by molar-refractivity contribution is -0.154. The van der Waals surface area contributed by atoms with Gasteiger partial charge in [-0.15, -0.1) is 0 Å². The summed E-state index contributed by atoms with van der Waals surface area (Å²) in [4.78, 5) is 26.1. The van der Waals surface area contributed by atoms with Crippen LogP contribution in [0.3, 0.4) is 0 Å². The van der Waals surface area contributed by atoms with Crippen LogP contribution < -0.4 is 0 Å². The average Bonchev–Trinajstić information content (AvgIpc) is 2.98. The number of aromatic nitrogens is 2. The lowest BCUT2D eigenvalue weighted by atomic mass is 10.2. The van der Waals surface area contributed by atoms with Gasteiger partial charge in [-0.3, -0.25) is 4.79 Å². The molecule has 7 nitrogen and oxygen atoms in total. The van der Waals surface area contributed by atoms with Gasteiger partial charge < -0.3 is 14.4 Å². The molecule has 154 valence electrons. The van der Waals surface area contributed by atoms with E-state index in [1.54, 1.807) is 11.0 Å². The normalized spacial score (nSPS) is 19.5. The number of hydrogen-bond donors (Lipinski definition) is 0. The van der Waals surface area contributed by atoms with Crippen LogP contribution in [0.15, 0.2) is 36.4 Å². The van der Waals surface area contributed by atoms with Crippen LogP contribution in [0.4, 0.5) is 0 Å². The highest BCUT2D eigenvalue weighted by molar-refractivity contribution is 5.89. The topological polar surface area (TPSA) is 73.7 Å². The molecule has 29 heavy (non-hydrogen) atoms. The molecule has 3 rings (SSSR count). The van der Waals surface area contributed by atoms with Crippen LogP contribution >= 0.6 is 0 Å². The summed E-state index contributed by atoms with van der Waals surface area (Å²) in [6.07, 6.45) is 2.98. The molecule has 7 heteroatoms. The highest BCUT2D eigenvalue weighted by atomic mass is 16.5. The Morgan fingerprint density at radius 1 is 1.17 bits per heavy atom. The fraction of sp³-hybridized carbons (Fsp3) is 0.409. The molecule has 0 N–H and O–H groups in total. The second kappa shape index (κ2) is 9.05. The first-order valence-electron chi connectivity index (χ1n) is 9.75. The zero-order valence-electron chi connectivity index (χ0n) is 17.3. The summed E-state index contributed by atoms with van der Waals surface area (Å²) in [5, 5.41) is 4.55. The minimum absolute atomic E-state index is 0.0228. The first kappa shape index (κ1) is 20.8. The molecule has 1 fully saturated rings. The van der Waals surface area contributed by atoms with Crippen molar-refractivity contribution in [2.24, 2.45) is 0 Å². The van der Waals surface area contributed by atoms with Crippen molar-refractivity contribution in [3.8, 4) is 5.69 Å². The Hall–Kier alpha value is -2.93. The molecule has 1 aliphatic rings. The molecule has 2 aromatic rings. The molecule has 1 aliphatic heterocycles. The van der Waals surface area contributed by atoms with E-state index in [2.05, 4.69) is 5.10 Å². The molecule has 0 bridgehead atoms. The Balaban J connectivity index is 1.60. The molecule has 1 saturated heterocycles. The molecule has 0 unspecified atom stereocenters. The van der Waals surface area contributed by atoms with Crippen molar-refractivity contribution in [2.45, 2.75) is 39.9 Å². The smallest absolute Gasteiger partial charge is 0.331 e. The second-order valence-corrected chi connectivity index (χ2v) is 7.33. The van der Waals surface area contributed by atoms with Gasteiger partial charge in [0, 0.05) is 30.4 Å². The number of rotatable bonds is 5. The Labute approximate surface area is 170 Å². The van der Waals surface area contributed by atoms with Crippen molar-refractivity contribution < 1.29 is 19.1 Å². The first-order valence-corrected chi connectivity index (χ1v) is 9.75. The zero-order chi connectivity index (χ0) is 21.0. The molecule has 1 aromatic carbocycles. The number of para-hydroxylation sites is 1. The van der Waals surface area contributed by atoms with E-state index in [0.29, 0.717) is 13.1 Å². The van der Waals surface area contributed by atoms with Gasteiger partial charge in [0.15, 0.2) is 6.61 Å². The third kappa shape index (κ3) is 5.12. The van der Waals surface area contributed by atoms with E-state index in [4.69, 9.17) is 9.47 Å². The second-order valence-electron chi connectivity index (χ2n) is 7.33. The Kier molecular flexibility index (Phi) is 6.49. The summed E-state index contributed by atoms with van der Waals surface area (Å²) in [5.41, 5.74) is 3.54. The van der Waals surface area contributed by atoms with E-state index in [9.17, 15) is 9.59 Å². The van der Waals surface area contributed by atoms with Crippen LogP contribution in [-0.4, -0.2) is 58.5 Å². The van der Waals surface area contributed by atoms with E-state index in [1.807, 2.05) is 62.7 Å². The number of ether oxygens (including phenoxy) is 2. The third-order valence-electron chi connectivity index (χ3n) is 4.84. The van der Waals surface area contributed by atoms with Gasteiger partial charge >= 0.3 is 5.97 Å². The number of hydrogen-bond acceptors (Lipinski definition) is 5. The number of carbonyl (C=O) groups excluding carboxylic acids is 2. The maximum Gasteiger partial charge on any atom is 0.331 e. The first-order chi connectivity index (χ1) is 13.8. The Morgan fingerprint density at radius 2 is 1.83 bits per heavy atom. The van der Waals surface area contributed by atoms with Crippen LogP contribution in [0.25, 0.3) is 11.8 Å². The minimum atomic E-state index is -0.557. The summed E-state index contributed by atoms with van der Waals surface area (Å²) in [5.74, 6) is -0.767. The molecule has 2 heterocycles. The lowest BCUT2D eigenvalue weighted by Crippen LogP contribution is -2.49. The summed E-state index contributed by atoms with van der Waals surface area (Å²) < 4.78 is 12.6. The molecule has 0 saturated carbocycles. The van der Waals surface area contributed by atoms with Gasteiger partial charge in [-0.05, 0) is 45.9 Å². The van der Waals surface area contributed by atoms with Gasteiger partial charge in [0.25, 0.3) is 5.91 Å². The highest BCUT2D eigenvalue weighted by Gasteiger charge is 2.26. The van der Waals surface area contributed by atoms with Crippen LogP contribution in [0.1, 0.15) is 30.8 Å². The third-order valence-corrected chi connectivity index (χ3v) is 4.84. The molecule has 0 aliphatic carbocycles. The zero-order valence-corrected chi connectivity index (χ0v) is 17.3. The van der Waals surface area contributed by atoms with E-state index >= 15 is 0 Å². The monoisotopic (exact) mass is 397 g/mol. The van der Waals surface area contributed by atoms with Crippen molar-refractivity contribution >= 4 is 18.0 Å². The van der Waals surface area contributed by atoms with Crippen molar-refractivity contribution in [2.75, 3.05) is 19.7 Å². The van der Waals surface area contributed by atoms with Crippen LogP contribution in [-0.2, 0) is 19.1 Å².